The monoisotopic (exact) mass is 255 g/mol. The number of rotatable bonds is 3. The molecule has 0 radical (unpaired) electrons. The Kier molecular flexibility index (Phi) is 4.41. The van der Waals surface area contributed by atoms with Crippen LogP contribution in [0.2, 0.25) is 5.02 Å². The van der Waals surface area contributed by atoms with Crippen molar-refractivity contribution in [1.82, 2.24) is 5.32 Å². The Hall–Kier alpha value is -0.600. The number of benzene rings is 1. The van der Waals surface area contributed by atoms with Crippen molar-refractivity contribution in [2.24, 2.45) is 5.92 Å². The van der Waals surface area contributed by atoms with Crippen LogP contribution in [0.4, 0.5) is 4.39 Å². The molecule has 2 rings (SSSR count). The summed E-state index contributed by atoms with van der Waals surface area (Å²) in [5, 5.41) is 4.03. The summed E-state index contributed by atoms with van der Waals surface area (Å²) in [6, 6.07) is 5.19. The van der Waals surface area contributed by atoms with E-state index in [1.807, 2.05) is 0 Å². The second-order valence-electron chi connectivity index (χ2n) is 5.07. The minimum atomic E-state index is -0.273. The normalized spacial score (nSPS) is 24.9. The Morgan fingerprint density at radius 3 is 2.65 bits per heavy atom. The van der Waals surface area contributed by atoms with Crippen molar-refractivity contribution in [2.75, 3.05) is 0 Å². The van der Waals surface area contributed by atoms with E-state index in [4.69, 9.17) is 11.6 Å². The van der Waals surface area contributed by atoms with Crippen LogP contribution in [0.25, 0.3) is 0 Å². The van der Waals surface area contributed by atoms with Gasteiger partial charge < -0.3 is 5.32 Å². The molecule has 0 aromatic heterocycles. The van der Waals surface area contributed by atoms with Gasteiger partial charge in [-0.3, -0.25) is 0 Å². The van der Waals surface area contributed by atoms with Crippen molar-refractivity contribution >= 4 is 11.6 Å². The third-order valence-electron chi connectivity index (χ3n) is 3.61. The first kappa shape index (κ1) is 12.8. The molecule has 0 spiro atoms. The molecule has 0 heterocycles. The highest BCUT2D eigenvalue weighted by atomic mass is 35.5. The zero-order valence-corrected chi connectivity index (χ0v) is 10.9. The molecule has 94 valence electrons. The van der Waals surface area contributed by atoms with Crippen LogP contribution in [-0.2, 0) is 6.54 Å². The predicted molar refractivity (Wildman–Crippen MR) is 69.7 cm³/mol. The van der Waals surface area contributed by atoms with Crippen LogP contribution in [0.1, 0.15) is 38.2 Å². The van der Waals surface area contributed by atoms with Gasteiger partial charge in [-0.2, -0.15) is 0 Å². The van der Waals surface area contributed by atoms with Crippen LogP contribution in [0.15, 0.2) is 18.2 Å². The van der Waals surface area contributed by atoms with Gasteiger partial charge in [0.05, 0.1) is 0 Å². The van der Waals surface area contributed by atoms with Crippen LogP contribution in [0.3, 0.4) is 0 Å². The van der Waals surface area contributed by atoms with Gasteiger partial charge in [-0.05, 0) is 49.3 Å². The minimum Gasteiger partial charge on any atom is -0.310 e. The third kappa shape index (κ3) is 3.68. The Morgan fingerprint density at radius 2 is 2.00 bits per heavy atom. The SMILES string of the molecule is CC1CCC(NCc2ccc(F)cc2Cl)CC1. The van der Waals surface area contributed by atoms with E-state index in [0.29, 0.717) is 11.1 Å². The lowest BCUT2D eigenvalue weighted by Crippen LogP contribution is -2.32. The molecular weight excluding hydrogens is 237 g/mol. The molecule has 0 atom stereocenters. The molecule has 1 aliphatic rings. The van der Waals surface area contributed by atoms with Crippen molar-refractivity contribution in [2.45, 2.75) is 45.2 Å². The molecule has 1 saturated carbocycles. The molecule has 0 amide bonds. The second-order valence-corrected chi connectivity index (χ2v) is 5.48. The smallest absolute Gasteiger partial charge is 0.124 e. The Bertz CT molecular complexity index is 372. The molecule has 1 aliphatic carbocycles. The van der Waals surface area contributed by atoms with Gasteiger partial charge in [-0.1, -0.05) is 24.6 Å². The first-order chi connectivity index (χ1) is 8.15. The number of hydrogen-bond acceptors (Lipinski definition) is 1. The van der Waals surface area contributed by atoms with Crippen LogP contribution in [-0.4, -0.2) is 6.04 Å². The topological polar surface area (TPSA) is 12.0 Å². The summed E-state index contributed by atoms with van der Waals surface area (Å²) < 4.78 is 12.9. The van der Waals surface area contributed by atoms with Gasteiger partial charge in [0.1, 0.15) is 5.82 Å². The molecule has 1 aromatic carbocycles. The number of nitrogens with one attached hydrogen (secondary N) is 1. The average Bonchev–Trinajstić information content (AvgIpc) is 2.30. The lowest BCUT2D eigenvalue weighted by atomic mass is 9.87. The average molecular weight is 256 g/mol. The fourth-order valence-corrected chi connectivity index (χ4v) is 2.62. The standard InChI is InChI=1S/C14H19ClFN/c1-10-2-6-13(7-3-10)17-9-11-4-5-12(16)8-14(11)15/h4-5,8,10,13,17H,2-3,6-7,9H2,1H3. The largest absolute Gasteiger partial charge is 0.310 e. The van der Waals surface area contributed by atoms with Crippen LogP contribution in [0.5, 0.6) is 0 Å². The molecule has 17 heavy (non-hydrogen) atoms. The van der Waals surface area contributed by atoms with E-state index < -0.39 is 0 Å². The summed E-state index contributed by atoms with van der Waals surface area (Å²) in [6.07, 6.45) is 5.07. The molecule has 0 saturated heterocycles. The highest BCUT2D eigenvalue weighted by Crippen LogP contribution is 2.24. The summed E-state index contributed by atoms with van der Waals surface area (Å²) in [6.45, 7) is 3.05. The maximum absolute atomic E-state index is 12.9. The highest BCUT2D eigenvalue weighted by molar-refractivity contribution is 6.31. The summed E-state index contributed by atoms with van der Waals surface area (Å²) in [7, 11) is 0. The minimum absolute atomic E-state index is 0.273. The van der Waals surface area contributed by atoms with E-state index in [1.165, 1.54) is 37.8 Å². The first-order valence-electron chi connectivity index (χ1n) is 6.32. The van der Waals surface area contributed by atoms with Crippen molar-refractivity contribution < 1.29 is 4.39 Å². The molecular formula is C14H19ClFN. The summed E-state index contributed by atoms with van der Waals surface area (Å²) in [4.78, 5) is 0. The summed E-state index contributed by atoms with van der Waals surface area (Å²) >= 11 is 5.99. The molecule has 1 fully saturated rings. The molecule has 0 unspecified atom stereocenters. The maximum Gasteiger partial charge on any atom is 0.124 e. The van der Waals surface area contributed by atoms with Crippen molar-refractivity contribution in [3.8, 4) is 0 Å². The molecule has 1 nitrogen and oxygen atoms in total. The van der Waals surface area contributed by atoms with E-state index in [9.17, 15) is 4.39 Å². The second kappa shape index (κ2) is 5.83. The number of halogens is 2. The van der Waals surface area contributed by atoms with E-state index in [1.54, 1.807) is 6.07 Å². The maximum atomic E-state index is 12.9. The Labute approximate surface area is 107 Å². The molecule has 0 aliphatic heterocycles. The van der Waals surface area contributed by atoms with Crippen molar-refractivity contribution in [3.05, 3.63) is 34.6 Å². The van der Waals surface area contributed by atoms with Gasteiger partial charge in [-0.15, -0.1) is 0 Å². The van der Waals surface area contributed by atoms with Gasteiger partial charge in [0.25, 0.3) is 0 Å². The lowest BCUT2D eigenvalue weighted by molar-refractivity contribution is 0.306. The van der Waals surface area contributed by atoms with Gasteiger partial charge in [0, 0.05) is 17.6 Å². The molecule has 0 bridgehead atoms. The molecule has 1 aromatic rings. The fourth-order valence-electron chi connectivity index (χ4n) is 2.38. The Balaban J connectivity index is 1.85. The molecule has 1 N–H and O–H groups in total. The van der Waals surface area contributed by atoms with Crippen molar-refractivity contribution in [1.29, 1.82) is 0 Å². The van der Waals surface area contributed by atoms with Crippen LogP contribution < -0.4 is 5.32 Å². The van der Waals surface area contributed by atoms with Gasteiger partial charge in [-0.25, -0.2) is 4.39 Å². The predicted octanol–water partition coefficient (Wildman–Crippen LogP) is 4.15. The first-order valence-corrected chi connectivity index (χ1v) is 6.70. The van der Waals surface area contributed by atoms with Gasteiger partial charge in [0.15, 0.2) is 0 Å². The fraction of sp³-hybridized carbons (Fsp3) is 0.571. The van der Waals surface area contributed by atoms with Crippen molar-refractivity contribution in [3.63, 3.8) is 0 Å². The van der Waals surface area contributed by atoms with E-state index in [0.717, 1.165) is 18.0 Å². The highest BCUT2D eigenvalue weighted by Gasteiger charge is 2.17. The quantitative estimate of drug-likeness (QED) is 0.856. The molecule has 3 heteroatoms. The lowest BCUT2D eigenvalue weighted by Gasteiger charge is -2.27. The summed E-state index contributed by atoms with van der Waals surface area (Å²) in [5.74, 6) is 0.590. The zero-order valence-electron chi connectivity index (χ0n) is 10.2. The van der Waals surface area contributed by atoms with Gasteiger partial charge in [0.2, 0.25) is 0 Å². The van der Waals surface area contributed by atoms with Crippen LogP contribution in [0, 0.1) is 11.7 Å². The summed E-state index contributed by atoms with van der Waals surface area (Å²) in [5.41, 5.74) is 0.978. The third-order valence-corrected chi connectivity index (χ3v) is 3.96. The number of hydrogen-bond donors (Lipinski definition) is 1. The van der Waals surface area contributed by atoms with Crippen LogP contribution >= 0.6 is 11.6 Å². The zero-order chi connectivity index (χ0) is 12.3. The van der Waals surface area contributed by atoms with E-state index >= 15 is 0 Å². The van der Waals surface area contributed by atoms with E-state index in [-0.39, 0.29) is 5.82 Å². The van der Waals surface area contributed by atoms with Gasteiger partial charge >= 0.3 is 0 Å². The van der Waals surface area contributed by atoms with E-state index in [2.05, 4.69) is 12.2 Å². The Morgan fingerprint density at radius 1 is 1.29 bits per heavy atom.